The zero-order valence-corrected chi connectivity index (χ0v) is 15.8. The average Bonchev–Trinajstić information content (AvgIpc) is 2.99. The first-order valence-corrected chi connectivity index (χ1v) is 8.85. The Morgan fingerprint density at radius 1 is 1.32 bits per heavy atom. The minimum absolute atomic E-state index is 0.0182. The molecule has 1 aromatic heterocycles. The maximum Gasteiger partial charge on any atom is 0.306 e. The number of carbonyl (C=O) groups excluding carboxylic acids is 2. The highest BCUT2D eigenvalue weighted by molar-refractivity contribution is 6.99. The third-order valence-corrected chi connectivity index (χ3v) is 3.74. The van der Waals surface area contributed by atoms with Crippen LogP contribution < -0.4 is 15.4 Å². The van der Waals surface area contributed by atoms with E-state index in [-0.39, 0.29) is 43.5 Å². The molecule has 3 N–H and O–H groups in total. The molecule has 0 spiro atoms. The van der Waals surface area contributed by atoms with Crippen molar-refractivity contribution in [2.75, 3.05) is 19.8 Å². The molecule has 1 aromatic rings. The van der Waals surface area contributed by atoms with E-state index >= 15 is 0 Å². The van der Waals surface area contributed by atoms with Gasteiger partial charge in [0.2, 0.25) is 11.8 Å². The van der Waals surface area contributed by atoms with Crippen LogP contribution in [0.5, 0.6) is 5.88 Å². The van der Waals surface area contributed by atoms with Gasteiger partial charge in [0.1, 0.15) is 18.4 Å². The first-order valence-electron chi connectivity index (χ1n) is 8.12. The van der Waals surface area contributed by atoms with E-state index in [1.54, 1.807) is 13.8 Å². The number of hydrogen-bond acceptors (Lipinski definition) is 9. The lowest BCUT2D eigenvalue weighted by Gasteiger charge is -2.18. The topological polar surface area (TPSA) is 123 Å². The fourth-order valence-electron chi connectivity index (χ4n) is 2.06. The maximum absolute atomic E-state index is 11.6. The van der Waals surface area contributed by atoms with Gasteiger partial charge < -0.3 is 19.9 Å². The smallest absolute Gasteiger partial charge is 0.306 e. The standard InChI is InChI=1S/C15H26N4O5S/c1-5-23-13(22)6-9(2)14-15(19-25-18-14)24-8-12(21)7-16-10(3)17-11(4)20/h9-10,12,16,21H,5-8H2,1-4H3,(H,17,20). The second-order valence-corrected chi connectivity index (χ2v) is 6.19. The molecule has 0 saturated carbocycles. The summed E-state index contributed by atoms with van der Waals surface area (Å²) in [6.45, 7) is 7.38. The van der Waals surface area contributed by atoms with Gasteiger partial charge in [0.05, 0.1) is 30.9 Å². The predicted molar refractivity (Wildman–Crippen MR) is 92.4 cm³/mol. The Labute approximate surface area is 151 Å². The molecule has 0 fully saturated rings. The summed E-state index contributed by atoms with van der Waals surface area (Å²) in [6, 6.07) is 0. The SMILES string of the molecule is CCOC(=O)CC(C)c1nsnc1OCC(O)CNC(C)NC(C)=O. The summed E-state index contributed by atoms with van der Waals surface area (Å²) in [5.74, 6) is -0.330. The van der Waals surface area contributed by atoms with Crippen molar-refractivity contribution < 1.29 is 24.2 Å². The number of nitrogens with one attached hydrogen (secondary N) is 2. The van der Waals surface area contributed by atoms with E-state index in [9.17, 15) is 14.7 Å². The van der Waals surface area contributed by atoms with Crippen LogP contribution in [-0.2, 0) is 14.3 Å². The van der Waals surface area contributed by atoms with Crippen LogP contribution in [0.15, 0.2) is 0 Å². The zero-order chi connectivity index (χ0) is 18.8. The molecule has 0 saturated heterocycles. The summed E-state index contributed by atoms with van der Waals surface area (Å²) < 4.78 is 18.7. The summed E-state index contributed by atoms with van der Waals surface area (Å²) in [4.78, 5) is 22.5. The molecule has 3 atom stereocenters. The molecular weight excluding hydrogens is 348 g/mol. The third-order valence-electron chi connectivity index (χ3n) is 3.22. The quantitative estimate of drug-likeness (QED) is 0.376. The number of aliphatic hydroxyl groups is 1. The van der Waals surface area contributed by atoms with Gasteiger partial charge in [0, 0.05) is 19.4 Å². The fourth-order valence-corrected chi connectivity index (χ4v) is 2.66. The van der Waals surface area contributed by atoms with Gasteiger partial charge in [-0.15, -0.1) is 4.37 Å². The van der Waals surface area contributed by atoms with E-state index < -0.39 is 6.10 Å². The van der Waals surface area contributed by atoms with E-state index in [0.717, 1.165) is 11.7 Å². The van der Waals surface area contributed by atoms with Gasteiger partial charge in [-0.05, 0) is 13.8 Å². The lowest BCUT2D eigenvalue weighted by Crippen LogP contribution is -2.46. The maximum atomic E-state index is 11.6. The summed E-state index contributed by atoms with van der Waals surface area (Å²) in [6.07, 6.45) is -0.854. The van der Waals surface area contributed by atoms with Gasteiger partial charge in [-0.3, -0.25) is 14.9 Å². The van der Waals surface area contributed by atoms with Gasteiger partial charge >= 0.3 is 5.97 Å². The summed E-state index contributed by atoms with van der Waals surface area (Å²) in [5, 5.41) is 15.6. The van der Waals surface area contributed by atoms with E-state index in [1.165, 1.54) is 6.92 Å². The Morgan fingerprint density at radius 3 is 2.68 bits per heavy atom. The monoisotopic (exact) mass is 374 g/mol. The largest absolute Gasteiger partial charge is 0.473 e. The normalized spacial score (nSPS) is 14.4. The third kappa shape index (κ3) is 8.23. The van der Waals surface area contributed by atoms with Crippen LogP contribution in [0.2, 0.25) is 0 Å². The molecule has 3 unspecified atom stereocenters. The number of rotatable bonds is 11. The zero-order valence-electron chi connectivity index (χ0n) is 14.9. The van der Waals surface area contributed by atoms with Crippen molar-refractivity contribution in [3.8, 4) is 5.88 Å². The van der Waals surface area contributed by atoms with Crippen molar-refractivity contribution >= 4 is 23.6 Å². The Morgan fingerprint density at radius 2 is 2.04 bits per heavy atom. The number of aliphatic hydroxyl groups excluding tert-OH is 1. The lowest BCUT2D eigenvalue weighted by molar-refractivity contribution is -0.143. The van der Waals surface area contributed by atoms with Crippen LogP contribution in [-0.4, -0.2) is 57.8 Å². The molecule has 0 aliphatic heterocycles. The lowest BCUT2D eigenvalue weighted by atomic mass is 10.0. The molecule has 0 aromatic carbocycles. The second kappa shape index (κ2) is 11.0. The molecule has 1 amide bonds. The minimum atomic E-state index is -0.786. The van der Waals surface area contributed by atoms with Crippen LogP contribution >= 0.6 is 11.7 Å². The van der Waals surface area contributed by atoms with Crippen molar-refractivity contribution in [2.24, 2.45) is 0 Å². The molecule has 142 valence electrons. The van der Waals surface area contributed by atoms with E-state index in [1.807, 2.05) is 6.92 Å². The highest BCUT2D eigenvalue weighted by Gasteiger charge is 2.21. The molecule has 10 heteroatoms. The molecule has 25 heavy (non-hydrogen) atoms. The van der Waals surface area contributed by atoms with Crippen LogP contribution in [0.4, 0.5) is 0 Å². The second-order valence-electron chi connectivity index (χ2n) is 5.66. The molecule has 1 heterocycles. The molecule has 0 aliphatic rings. The van der Waals surface area contributed by atoms with Crippen molar-refractivity contribution in [3.05, 3.63) is 5.69 Å². The Bertz CT molecular complexity index is 554. The molecule has 0 bridgehead atoms. The van der Waals surface area contributed by atoms with Crippen molar-refractivity contribution in [2.45, 2.75) is 52.3 Å². The van der Waals surface area contributed by atoms with Crippen LogP contribution in [0.3, 0.4) is 0 Å². The number of ether oxygens (including phenoxy) is 2. The van der Waals surface area contributed by atoms with Gasteiger partial charge in [-0.1, -0.05) is 6.92 Å². The van der Waals surface area contributed by atoms with Crippen LogP contribution in [0, 0.1) is 0 Å². The van der Waals surface area contributed by atoms with Gasteiger partial charge in [-0.25, -0.2) is 0 Å². The molecule has 1 rings (SSSR count). The average molecular weight is 374 g/mol. The number of aromatic nitrogens is 2. The highest BCUT2D eigenvalue weighted by Crippen LogP contribution is 2.27. The van der Waals surface area contributed by atoms with E-state index in [4.69, 9.17) is 9.47 Å². The van der Waals surface area contributed by atoms with Crippen molar-refractivity contribution in [1.29, 1.82) is 0 Å². The number of amides is 1. The van der Waals surface area contributed by atoms with Crippen LogP contribution in [0.1, 0.15) is 45.7 Å². The minimum Gasteiger partial charge on any atom is -0.473 e. The molecular formula is C15H26N4O5S. The van der Waals surface area contributed by atoms with Crippen molar-refractivity contribution in [3.63, 3.8) is 0 Å². The first-order chi connectivity index (χ1) is 11.8. The van der Waals surface area contributed by atoms with Gasteiger partial charge in [-0.2, -0.15) is 4.37 Å². The van der Waals surface area contributed by atoms with Crippen LogP contribution in [0.25, 0.3) is 0 Å². The predicted octanol–water partition coefficient (Wildman–Crippen LogP) is 0.406. The first kappa shape index (κ1) is 21.3. The molecule has 0 radical (unpaired) electrons. The van der Waals surface area contributed by atoms with E-state index in [2.05, 4.69) is 19.4 Å². The van der Waals surface area contributed by atoms with Crippen molar-refractivity contribution in [1.82, 2.24) is 19.4 Å². The van der Waals surface area contributed by atoms with Gasteiger partial charge in [0.15, 0.2) is 0 Å². The van der Waals surface area contributed by atoms with Gasteiger partial charge in [0.25, 0.3) is 0 Å². The summed E-state index contributed by atoms with van der Waals surface area (Å²) >= 11 is 0.990. The number of nitrogens with zero attached hydrogens (tertiary/aromatic N) is 2. The Kier molecular flexibility index (Phi) is 9.32. The Hall–Kier alpha value is -1.78. The highest BCUT2D eigenvalue weighted by atomic mass is 32.1. The number of esters is 1. The summed E-state index contributed by atoms with van der Waals surface area (Å²) in [7, 11) is 0. The number of hydrogen-bond donors (Lipinski definition) is 3. The fraction of sp³-hybridized carbons (Fsp3) is 0.733. The molecule has 0 aliphatic carbocycles. The summed E-state index contributed by atoms with van der Waals surface area (Å²) in [5.41, 5.74) is 0.574. The van der Waals surface area contributed by atoms with E-state index in [0.29, 0.717) is 18.2 Å². The Balaban J connectivity index is 2.43. The number of carbonyl (C=O) groups is 2. The molecule has 9 nitrogen and oxygen atoms in total.